The summed E-state index contributed by atoms with van der Waals surface area (Å²) in [4.78, 5) is 11.4. The van der Waals surface area contributed by atoms with Gasteiger partial charge < -0.3 is 4.90 Å². The predicted molar refractivity (Wildman–Crippen MR) is 36.4 cm³/mol. The fraction of sp³-hybridized carbons (Fsp3) is 0.857. The zero-order valence-electron chi connectivity index (χ0n) is 6.90. The van der Waals surface area contributed by atoms with Gasteiger partial charge in [-0.25, -0.2) is 0 Å². The maximum Gasteiger partial charge on any atom is 0.471 e. The van der Waals surface area contributed by atoms with E-state index in [-0.39, 0.29) is 18.5 Å². The first kappa shape index (κ1) is 9.35. The van der Waals surface area contributed by atoms with Crippen molar-refractivity contribution in [1.29, 1.82) is 0 Å². The Kier molecular flexibility index (Phi) is 1.85. The van der Waals surface area contributed by atoms with Crippen molar-refractivity contribution in [3.63, 3.8) is 0 Å². The van der Waals surface area contributed by atoms with Gasteiger partial charge in [0.05, 0.1) is 0 Å². The van der Waals surface area contributed by atoms with Gasteiger partial charge in [0.1, 0.15) is 0 Å². The average molecular weight is 181 g/mol. The lowest BCUT2D eigenvalue weighted by Crippen LogP contribution is -2.58. The van der Waals surface area contributed by atoms with E-state index in [1.54, 1.807) is 0 Å². The van der Waals surface area contributed by atoms with Gasteiger partial charge in [-0.1, -0.05) is 13.8 Å². The SMILES string of the molecule is CC1(C)CN(C(=O)C(F)(F)F)C1. The van der Waals surface area contributed by atoms with Crippen molar-refractivity contribution < 1.29 is 18.0 Å². The van der Waals surface area contributed by atoms with Crippen LogP contribution in [0.3, 0.4) is 0 Å². The van der Waals surface area contributed by atoms with Crippen LogP contribution in [0.5, 0.6) is 0 Å². The van der Waals surface area contributed by atoms with Crippen molar-refractivity contribution in [3.05, 3.63) is 0 Å². The van der Waals surface area contributed by atoms with Crippen LogP contribution in [-0.4, -0.2) is 30.1 Å². The summed E-state index contributed by atoms with van der Waals surface area (Å²) in [6.45, 7) is 4.05. The number of carbonyl (C=O) groups is 1. The minimum Gasteiger partial charge on any atom is -0.334 e. The number of carbonyl (C=O) groups excluding carboxylic acids is 1. The zero-order valence-corrected chi connectivity index (χ0v) is 6.90. The smallest absolute Gasteiger partial charge is 0.334 e. The number of alkyl halides is 3. The van der Waals surface area contributed by atoms with Gasteiger partial charge >= 0.3 is 12.1 Å². The molecule has 0 unspecified atom stereocenters. The van der Waals surface area contributed by atoms with Crippen LogP contribution in [0.15, 0.2) is 0 Å². The Labute approximate surface area is 68.3 Å². The summed E-state index contributed by atoms with van der Waals surface area (Å²) in [7, 11) is 0. The molecule has 0 atom stereocenters. The van der Waals surface area contributed by atoms with E-state index in [0.29, 0.717) is 0 Å². The van der Waals surface area contributed by atoms with Crippen molar-refractivity contribution in [2.45, 2.75) is 20.0 Å². The highest BCUT2D eigenvalue weighted by molar-refractivity contribution is 5.82. The van der Waals surface area contributed by atoms with Crippen molar-refractivity contribution in [3.8, 4) is 0 Å². The van der Waals surface area contributed by atoms with Gasteiger partial charge in [-0.05, 0) is 5.41 Å². The summed E-state index contributed by atoms with van der Waals surface area (Å²) < 4.78 is 35.3. The van der Waals surface area contributed by atoms with Crippen LogP contribution in [0.1, 0.15) is 13.8 Å². The summed E-state index contributed by atoms with van der Waals surface area (Å²) in [5.74, 6) is -1.72. The molecule has 1 aliphatic heterocycles. The van der Waals surface area contributed by atoms with Crippen molar-refractivity contribution >= 4 is 5.91 Å². The van der Waals surface area contributed by atoms with Crippen molar-refractivity contribution in [2.24, 2.45) is 5.41 Å². The highest BCUT2D eigenvalue weighted by atomic mass is 19.4. The van der Waals surface area contributed by atoms with Gasteiger partial charge in [0.25, 0.3) is 0 Å². The van der Waals surface area contributed by atoms with Gasteiger partial charge in [-0.3, -0.25) is 4.79 Å². The average Bonchev–Trinajstić information content (AvgIpc) is 1.78. The molecule has 0 aromatic rings. The molecule has 2 nitrogen and oxygen atoms in total. The van der Waals surface area contributed by atoms with E-state index in [2.05, 4.69) is 0 Å². The maximum absolute atomic E-state index is 11.8. The van der Waals surface area contributed by atoms with Gasteiger partial charge in [0.15, 0.2) is 0 Å². The lowest BCUT2D eigenvalue weighted by Gasteiger charge is -2.45. The number of likely N-dealkylation sites (tertiary alicyclic amines) is 1. The first-order chi connectivity index (χ1) is 5.22. The molecule has 70 valence electrons. The Balaban J connectivity index is 2.50. The Bertz CT molecular complexity index is 201. The van der Waals surface area contributed by atoms with Crippen molar-refractivity contribution in [2.75, 3.05) is 13.1 Å². The van der Waals surface area contributed by atoms with E-state index >= 15 is 0 Å². The summed E-state index contributed by atoms with van der Waals surface area (Å²) in [6, 6.07) is 0. The molecule has 0 bridgehead atoms. The van der Waals surface area contributed by atoms with Gasteiger partial charge in [0, 0.05) is 13.1 Å². The van der Waals surface area contributed by atoms with E-state index in [1.807, 2.05) is 13.8 Å². The first-order valence-electron chi connectivity index (χ1n) is 3.58. The van der Waals surface area contributed by atoms with E-state index in [1.165, 1.54) is 0 Å². The fourth-order valence-electron chi connectivity index (χ4n) is 1.31. The molecule has 0 aromatic heterocycles. The van der Waals surface area contributed by atoms with Gasteiger partial charge in [0.2, 0.25) is 0 Å². The molecule has 12 heavy (non-hydrogen) atoms. The van der Waals surface area contributed by atoms with Crippen LogP contribution >= 0.6 is 0 Å². The van der Waals surface area contributed by atoms with Crippen LogP contribution < -0.4 is 0 Å². The highest BCUT2D eigenvalue weighted by Gasteiger charge is 2.48. The van der Waals surface area contributed by atoms with Gasteiger partial charge in [-0.15, -0.1) is 0 Å². The molecule has 0 spiro atoms. The standard InChI is InChI=1S/C7H10F3NO/c1-6(2)3-11(4-6)5(12)7(8,9)10/h3-4H2,1-2H3. The molecular weight excluding hydrogens is 171 g/mol. The molecule has 1 rings (SSSR count). The fourth-order valence-corrected chi connectivity index (χ4v) is 1.31. The minimum absolute atomic E-state index is 0.152. The molecule has 1 saturated heterocycles. The third-order valence-electron chi connectivity index (χ3n) is 1.77. The number of nitrogens with zero attached hydrogens (tertiary/aromatic N) is 1. The maximum atomic E-state index is 11.8. The molecule has 0 N–H and O–H groups in total. The van der Waals surface area contributed by atoms with Crippen LogP contribution in [0.25, 0.3) is 0 Å². The summed E-state index contributed by atoms with van der Waals surface area (Å²) in [6.07, 6.45) is -4.71. The third-order valence-corrected chi connectivity index (χ3v) is 1.77. The Morgan fingerprint density at radius 2 is 1.75 bits per heavy atom. The molecule has 1 aliphatic rings. The molecule has 1 fully saturated rings. The Hall–Kier alpha value is -0.740. The normalized spacial score (nSPS) is 21.9. The Morgan fingerprint density at radius 3 is 2.00 bits per heavy atom. The highest BCUT2D eigenvalue weighted by Crippen LogP contribution is 2.32. The quantitative estimate of drug-likeness (QED) is 0.553. The third kappa shape index (κ3) is 1.70. The van der Waals surface area contributed by atoms with E-state index < -0.39 is 12.1 Å². The van der Waals surface area contributed by atoms with Crippen LogP contribution in [-0.2, 0) is 4.79 Å². The lowest BCUT2D eigenvalue weighted by atomic mass is 9.84. The summed E-state index contributed by atoms with van der Waals surface area (Å²) in [5, 5.41) is 0. The first-order valence-corrected chi connectivity index (χ1v) is 3.58. The molecule has 0 aromatic carbocycles. The van der Waals surface area contributed by atoms with Crippen LogP contribution in [0.2, 0.25) is 0 Å². The second-order valence-electron chi connectivity index (χ2n) is 3.82. The molecule has 0 aliphatic carbocycles. The largest absolute Gasteiger partial charge is 0.471 e. The van der Waals surface area contributed by atoms with Crippen molar-refractivity contribution in [1.82, 2.24) is 4.90 Å². The number of rotatable bonds is 0. The molecule has 5 heteroatoms. The second kappa shape index (κ2) is 2.37. The Morgan fingerprint density at radius 1 is 1.33 bits per heavy atom. The summed E-state index contributed by atoms with van der Waals surface area (Å²) in [5.41, 5.74) is -0.152. The van der Waals surface area contributed by atoms with Crippen LogP contribution in [0, 0.1) is 5.41 Å². The number of amides is 1. The topological polar surface area (TPSA) is 20.3 Å². The monoisotopic (exact) mass is 181 g/mol. The number of halogens is 3. The summed E-state index contributed by atoms with van der Waals surface area (Å²) >= 11 is 0. The lowest BCUT2D eigenvalue weighted by molar-refractivity contribution is -0.194. The van der Waals surface area contributed by atoms with E-state index in [0.717, 1.165) is 4.90 Å². The molecule has 1 amide bonds. The van der Waals surface area contributed by atoms with Crippen LogP contribution in [0.4, 0.5) is 13.2 Å². The zero-order chi connectivity index (χ0) is 9.57. The second-order valence-corrected chi connectivity index (χ2v) is 3.82. The molecular formula is C7H10F3NO. The molecule has 0 radical (unpaired) electrons. The minimum atomic E-state index is -4.71. The number of hydrogen-bond donors (Lipinski definition) is 0. The number of hydrogen-bond acceptors (Lipinski definition) is 1. The molecule has 1 heterocycles. The molecule has 0 saturated carbocycles. The van der Waals surface area contributed by atoms with E-state index in [9.17, 15) is 18.0 Å². The predicted octanol–water partition coefficient (Wildman–Crippen LogP) is 1.42. The van der Waals surface area contributed by atoms with Gasteiger partial charge in [-0.2, -0.15) is 13.2 Å². The van der Waals surface area contributed by atoms with E-state index in [4.69, 9.17) is 0 Å².